The lowest BCUT2D eigenvalue weighted by molar-refractivity contribution is -0.119. The Balaban J connectivity index is 2.90. The summed E-state index contributed by atoms with van der Waals surface area (Å²) in [5.74, 6) is 1.41. The average molecular weight is 220 g/mol. The second-order valence-corrected chi connectivity index (χ2v) is 4.33. The molecule has 1 unspecified atom stereocenters. The molecule has 0 saturated heterocycles. The molecule has 0 saturated carbocycles. The molecule has 2 nitrogen and oxygen atoms in total. The summed E-state index contributed by atoms with van der Waals surface area (Å²) in [6.07, 6.45) is 0. The molecule has 2 heteroatoms. The smallest absolute Gasteiger partial charge is 0.137 e. The Morgan fingerprint density at radius 2 is 1.81 bits per heavy atom. The highest BCUT2D eigenvalue weighted by atomic mass is 16.5. The normalized spacial score (nSPS) is 12.6. The standard InChI is InChI=1S/C14H20O2/c1-5-16-13-8-6-12(7-9-13)14(10(2)3)11(4)15/h6-10,14H,5H2,1-4H3. The van der Waals surface area contributed by atoms with Crippen LogP contribution >= 0.6 is 0 Å². The maximum Gasteiger partial charge on any atom is 0.137 e. The van der Waals surface area contributed by atoms with Crippen LogP contribution < -0.4 is 4.74 Å². The van der Waals surface area contributed by atoms with Crippen molar-refractivity contribution in [2.45, 2.75) is 33.6 Å². The van der Waals surface area contributed by atoms with Crippen LogP contribution in [0.4, 0.5) is 0 Å². The van der Waals surface area contributed by atoms with Gasteiger partial charge in [0.05, 0.1) is 6.61 Å². The van der Waals surface area contributed by atoms with Crippen molar-refractivity contribution in [1.29, 1.82) is 0 Å². The fraction of sp³-hybridized carbons (Fsp3) is 0.500. The van der Waals surface area contributed by atoms with Crippen LogP contribution in [0.5, 0.6) is 5.75 Å². The summed E-state index contributed by atoms with van der Waals surface area (Å²) >= 11 is 0. The third-order valence-corrected chi connectivity index (χ3v) is 2.65. The molecule has 16 heavy (non-hydrogen) atoms. The van der Waals surface area contributed by atoms with Crippen molar-refractivity contribution in [2.75, 3.05) is 6.61 Å². The van der Waals surface area contributed by atoms with E-state index in [1.54, 1.807) is 6.92 Å². The van der Waals surface area contributed by atoms with Gasteiger partial charge in [-0.15, -0.1) is 0 Å². The quantitative estimate of drug-likeness (QED) is 0.760. The monoisotopic (exact) mass is 220 g/mol. The van der Waals surface area contributed by atoms with Gasteiger partial charge in [0.2, 0.25) is 0 Å². The molecule has 0 aliphatic heterocycles. The molecule has 0 amide bonds. The lowest BCUT2D eigenvalue weighted by atomic mass is 9.85. The Labute approximate surface area is 97.6 Å². The van der Waals surface area contributed by atoms with Crippen molar-refractivity contribution in [3.05, 3.63) is 29.8 Å². The molecule has 0 N–H and O–H groups in total. The van der Waals surface area contributed by atoms with Gasteiger partial charge < -0.3 is 4.74 Å². The van der Waals surface area contributed by atoms with E-state index in [1.807, 2.05) is 31.2 Å². The lowest BCUT2D eigenvalue weighted by Gasteiger charge is -2.18. The molecule has 0 bridgehead atoms. The SMILES string of the molecule is CCOc1ccc(C(C(C)=O)C(C)C)cc1. The second-order valence-electron chi connectivity index (χ2n) is 4.33. The molecule has 0 aliphatic carbocycles. The minimum atomic E-state index is -0.00400. The van der Waals surface area contributed by atoms with Crippen LogP contribution in [0.3, 0.4) is 0 Å². The zero-order chi connectivity index (χ0) is 12.1. The highest BCUT2D eigenvalue weighted by molar-refractivity contribution is 5.83. The lowest BCUT2D eigenvalue weighted by Crippen LogP contribution is -2.15. The fourth-order valence-corrected chi connectivity index (χ4v) is 2.03. The summed E-state index contributed by atoms with van der Waals surface area (Å²) < 4.78 is 5.38. The molecule has 1 aromatic carbocycles. The summed E-state index contributed by atoms with van der Waals surface area (Å²) in [7, 11) is 0. The predicted octanol–water partition coefficient (Wildman–Crippen LogP) is 3.41. The number of rotatable bonds is 5. The number of benzene rings is 1. The Kier molecular flexibility index (Phi) is 4.53. The molecule has 0 fully saturated rings. The number of hydrogen-bond donors (Lipinski definition) is 0. The molecule has 88 valence electrons. The first-order chi connectivity index (χ1) is 7.56. The van der Waals surface area contributed by atoms with Crippen molar-refractivity contribution in [3.63, 3.8) is 0 Å². The first-order valence-corrected chi connectivity index (χ1v) is 5.79. The van der Waals surface area contributed by atoms with Gasteiger partial charge in [-0.1, -0.05) is 26.0 Å². The summed E-state index contributed by atoms with van der Waals surface area (Å²) in [6, 6.07) is 7.82. The van der Waals surface area contributed by atoms with Crippen LogP contribution in [0, 0.1) is 5.92 Å². The molecule has 0 aliphatic rings. The van der Waals surface area contributed by atoms with Gasteiger partial charge in [-0.2, -0.15) is 0 Å². The summed E-state index contributed by atoms with van der Waals surface area (Å²) in [5.41, 5.74) is 1.07. The molecule has 1 atom stereocenters. The van der Waals surface area contributed by atoms with E-state index in [1.165, 1.54) is 0 Å². The third-order valence-electron chi connectivity index (χ3n) is 2.65. The van der Waals surface area contributed by atoms with Crippen LogP contribution in [-0.2, 0) is 4.79 Å². The van der Waals surface area contributed by atoms with E-state index in [9.17, 15) is 4.79 Å². The Morgan fingerprint density at radius 3 is 2.19 bits per heavy atom. The van der Waals surface area contributed by atoms with Crippen molar-refractivity contribution in [1.82, 2.24) is 0 Å². The van der Waals surface area contributed by atoms with E-state index < -0.39 is 0 Å². The zero-order valence-electron chi connectivity index (χ0n) is 10.5. The topological polar surface area (TPSA) is 26.3 Å². The maximum atomic E-state index is 11.6. The number of hydrogen-bond acceptors (Lipinski definition) is 2. The van der Waals surface area contributed by atoms with E-state index >= 15 is 0 Å². The van der Waals surface area contributed by atoms with Crippen molar-refractivity contribution < 1.29 is 9.53 Å². The number of Topliss-reactive ketones (excluding diaryl/α,β-unsaturated/α-hetero) is 1. The zero-order valence-corrected chi connectivity index (χ0v) is 10.5. The van der Waals surface area contributed by atoms with E-state index in [0.29, 0.717) is 12.5 Å². The van der Waals surface area contributed by atoms with Gasteiger partial charge in [0, 0.05) is 5.92 Å². The number of ether oxygens (including phenoxy) is 1. The molecule has 0 radical (unpaired) electrons. The second kappa shape index (κ2) is 5.69. The molecule has 0 spiro atoms. The number of carbonyl (C=O) groups excluding carboxylic acids is 1. The Morgan fingerprint density at radius 1 is 1.25 bits per heavy atom. The first-order valence-electron chi connectivity index (χ1n) is 5.79. The molecule has 1 rings (SSSR count). The minimum Gasteiger partial charge on any atom is -0.494 e. The highest BCUT2D eigenvalue weighted by Gasteiger charge is 2.20. The van der Waals surface area contributed by atoms with Crippen LogP contribution in [0.2, 0.25) is 0 Å². The summed E-state index contributed by atoms with van der Waals surface area (Å²) in [4.78, 5) is 11.6. The van der Waals surface area contributed by atoms with Crippen LogP contribution in [-0.4, -0.2) is 12.4 Å². The van der Waals surface area contributed by atoms with E-state index in [4.69, 9.17) is 4.74 Å². The predicted molar refractivity (Wildman–Crippen MR) is 65.9 cm³/mol. The van der Waals surface area contributed by atoms with Crippen molar-refractivity contribution >= 4 is 5.78 Å². The fourth-order valence-electron chi connectivity index (χ4n) is 2.03. The Hall–Kier alpha value is -1.31. The maximum absolute atomic E-state index is 11.6. The highest BCUT2D eigenvalue weighted by Crippen LogP contribution is 2.26. The van der Waals surface area contributed by atoms with Gasteiger partial charge in [0.15, 0.2) is 0 Å². The van der Waals surface area contributed by atoms with Crippen LogP contribution in [0.25, 0.3) is 0 Å². The minimum absolute atomic E-state index is 0.00400. The number of carbonyl (C=O) groups is 1. The van der Waals surface area contributed by atoms with Gasteiger partial charge >= 0.3 is 0 Å². The molecule has 0 heterocycles. The third kappa shape index (κ3) is 3.09. The molecule has 0 aromatic heterocycles. The Bertz CT molecular complexity index is 338. The number of ketones is 1. The first kappa shape index (κ1) is 12.8. The molecular formula is C14H20O2. The largest absolute Gasteiger partial charge is 0.494 e. The van der Waals surface area contributed by atoms with E-state index in [0.717, 1.165) is 11.3 Å². The summed E-state index contributed by atoms with van der Waals surface area (Å²) in [6.45, 7) is 8.42. The van der Waals surface area contributed by atoms with E-state index in [-0.39, 0.29) is 11.7 Å². The van der Waals surface area contributed by atoms with Gasteiger partial charge in [0.25, 0.3) is 0 Å². The van der Waals surface area contributed by atoms with Crippen LogP contribution in [0.15, 0.2) is 24.3 Å². The van der Waals surface area contributed by atoms with Crippen molar-refractivity contribution in [2.24, 2.45) is 5.92 Å². The van der Waals surface area contributed by atoms with Crippen LogP contribution in [0.1, 0.15) is 39.2 Å². The summed E-state index contributed by atoms with van der Waals surface area (Å²) in [5, 5.41) is 0. The molecular weight excluding hydrogens is 200 g/mol. The van der Waals surface area contributed by atoms with Gasteiger partial charge in [-0.25, -0.2) is 0 Å². The van der Waals surface area contributed by atoms with Gasteiger partial charge in [-0.05, 0) is 37.5 Å². The molecule has 1 aromatic rings. The van der Waals surface area contributed by atoms with E-state index in [2.05, 4.69) is 13.8 Å². The van der Waals surface area contributed by atoms with Gasteiger partial charge in [-0.3, -0.25) is 4.79 Å². The van der Waals surface area contributed by atoms with Crippen molar-refractivity contribution in [3.8, 4) is 5.75 Å². The van der Waals surface area contributed by atoms with Gasteiger partial charge in [0.1, 0.15) is 11.5 Å². The average Bonchev–Trinajstić information content (AvgIpc) is 2.20.